The average Bonchev–Trinajstić information content (AvgIpc) is 3.29. The molecule has 172 valence electrons. The van der Waals surface area contributed by atoms with Gasteiger partial charge in [0, 0.05) is 29.7 Å². The molecule has 0 atom stereocenters. The number of halogens is 2. The van der Waals surface area contributed by atoms with Crippen LogP contribution in [-0.4, -0.2) is 49.0 Å². The fourth-order valence-electron chi connectivity index (χ4n) is 3.06. The summed E-state index contributed by atoms with van der Waals surface area (Å²) in [6.07, 6.45) is 1.46. The SMILES string of the molecule is O=C(COc1ccc(S(=O)(=O)N2CCCC2)cc1[N+](=O)[O-])Nc1ccc(SC(F)F)cc1. The molecule has 2 aromatic rings. The topological polar surface area (TPSA) is 119 Å². The normalized spacial score (nSPS) is 14.5. The van der Waals surface area contributed by atoms with Crippen molar-refractivity contribution in [2.75, 3.05) is 25.0 Å². The monoisotopic (exact) mass is 487 g/mol. The summed E-state index contributed by atoms with van der Waals surface area (Å²) in [7, 11) is -3.85. The van der Waals surface area contributed by atoms with Crippen molar-refractivity contribution in [1.29, 1.82) is 0 Å². The second kappa shape index (κ2) is 10.2. The molecule has 3 rings (SSSR count). The highest BCUT2D eigenvalue weighted by Crippen LogP contribution is 2.32. The minimum atomic E-state index is -3.85. The van der Waals surface area contributed by atoms with Crippen molar-refractivity contribution < 1.29 is 31.7 Å². The highest BCUT2D eigenvalue weighted by Gasteiger charge is 2.30. The highest BCUT2D eigenvalue weighted by atomic mass is 32.2. The van der Waals surface area contributed by atoms with Gasteiger partial charge in [0.1, 0.15) is 0 Å². The number of ether oxygens (including phenoxy) is 1. The number of benzene rings is 2. The van der Waals surface area contributed by atoms with Crippen LogP contribution < -0.4 is 10.1 Å². The molecule has 0 aromatic heterocycles. The summed E-state index contributed by atoms with van der Waals surface area (Å²) in [4.78, 5) is 22.9. The molecule has 1 aliphatic rings. The van der Waals surface area contributed by atoms with Crippen LogP contribution in [-0.2, 0) is 14.8 Å². The molecule has 1 fully saturated rings. The number of thioether (sulfide) groups is 1. The summed E-state index contributed by atoms with van der Waals surface area (Å²) in [6, 6.07) is 8.96. The third kappa shape index (κ3) is 5.93. The maximum Gasteiger partial charge on any atom is 0.312 e. The van der Waals surface area contributed by atoms with E-state index in [1.54, 1.807) is 0 Å². The summed E-state index contributed by atoms with van der Waals surface area (Å²) in [5.74, 6) is -3.45. The van der Waals surface area contributed by atoms with Gasteiger partial charge in [-0.1, -0.05) is 11.8 Å². The number of hydrogen-bond acceptors (Lipinski definition) is 7. The number of anilines is 1. The molecular weight excluding hydrogens is 468 g/mol. The lowest BCUT2D eigenvalue weighted by atomic mass is 10.3. The van der Waals surface area contributed by atoms with E-state index >= 15 is 0 Å². The van der Waals surface area contributed by atoms with E-state index in [4.69, 9.17) is 4.74 Å². The minimum absolute atomic E-state index is 0.218. The van der Waals surface area contributed by atoms with Crippen molar-refractivity contribution in [3.63, 3.8) is 0 Å². The number of alkyl halides is 2. The summed E-state index contributed by atoms with van der Waals surface area (Å²) in [5.41, 5.74) is -0.245. The third-order valence-electron chi connectivity index (χ3n) is 4.55. The van der Waals surface area contributed by atoms with Crippen LogP contribution in [0.15, 0.2) is 52.3 Å². The van der Waals surface area contributed by atoms with Crippen LogP contribution in [0.25, 0.3) is 0 Å². The lowest BCUT2D eigenvalue weighted by Gasteiger charge is -2.16. The second-order valence-electron chi connectivity index (χ2n) is 6.74. The van der Waals surface area contributed by atoms with Gasteiger partial charge in [-0.25, -0.2) is 8.42 Å². The molecule has 1 aliphatic heterocycles. The van der Waals surface area contributed by atoms with E-state index < -0.39 is 38.9 Å². The van der Waals surface area contributed by atoms with Crippen molar-refractivity contribution >= 4 is 39.1 Å². The maximum absolute atomic E-state index is 12.6. The lowest BCUT2D eigenvalue weighted by molar-refractivity contribution is -0.386. The molecule has 0 aliphatic carbocycles. The number of hydrogen-bond donors (Lipinski definition) is 1. The standard InChI is InChI=1S/C19H19F2N3O6S2/c20-19(21)31-14-5-3-13(4-6-14)22-18(25)12-30-17-8-7-15(11-16(17)24(26)27)32(28,29)23-9-1-2-10-23/h3-8,11,19H,1-2,9-10,12H2,(H,22,25). The molecule has 0 spiro atoms. The fourth-order valence-corrected chi connectivity index (χ4v) is 5.10. The van der Waals surface area contributed by atoms with Gasteiger partial charge in [-0.3, -0.25) is 14.9 Å². The van der Waals surface area contributed by atoms with E-state index in [2.05, 4.69) is 5.32 Å². The van der Waals surface area contributed by atoms with Crippen LogP contribution in [0.4, 0.5) is 20.2 Å². The first-order chi connectivity index (χ1) is 15.2. The fraction of sp³-hybridized carbons (Fsp3) is 0.316. The van der Waals surface area contributed by atoms with E-state index in [0.29, 0.717) is 35.4 Å². The Hall–Kier alpha value is -2.77. The minimum Gasteiger partial charge on any atom is -0.477 e. The Morgan fingerprint density at radius 1 is 1.19 bits per heavy atom. The van der Waals surface area contributed by atoms with Crippen molar-refractivity contribution in [2.45, 2.75) is 28.4 Å². The van der Waals surface area contributed by atoms with E-state index in [1.165, 1.54) is 34.6 Å². The van der Waals surface area contributed by atoms with Crippen molar-refractivity contribution in [2.24, 2.45) is 0 Å². The molecule has 2 aromatic carbocycles. The molecule has 0 saturated carbocycles. The molecule has 0 unspecified atom stereocenters. The van der Waals surface area contributed by atoms with Gasteiger partial charge >= 0.3 is 5.69 Å². The zero-order valence-electron chi connectivity index (χ0n) is 16.6. The van der Waals surface area contributed by atoms with Gasteiger partial charge < -0.3 is 10.1 Å². The number of rotatable bonds is 9. The number of nitro benzene ring substituents is 1. The molecule has 1 heterocycles. The van der Waals surface area contributed by atoms with Crippen LogP contribution in [0, 0.1) is 10.1 Å². The first kappa shape index (κ1) is 23.9. The molecule has 0 radical (unpaired) electrons. The number of nitrogens with zero attached hydrogens (tertiary/aromatic N) is 2. The second-order valence-corrected chi connectivity index (χ2v) is 9.74. The zero-order valence-corrected chi connectivity index (χ0v) is 18.2. The van der Waals surface area contributed by atoms with Gasteiger partial charge in [0.15, 0.2) is 12.4 Å². The Bertz CT molecular complexity index is 1090. The summed E-state index contributed by atoms with van der Waals surface area (Å²) < 4.78 is 56.4. The van der Waals surface area contributed by atoms with Gasteiger partial charge in [-0.2, -0.15) is 13.1 Å². The highest BCUT2D eigenvalue weighted by molar-refractivity contribution is 7.99. The zero-order chi connectivity index (χ0) is 23.3. The van der Waals surface area contributed by atoms with Crippen molar-refractivity contribution in [3.05, 3.63) is 52.6 Å². The van der Waals surface area contributed by atoms with Crippen LogP contribution in [0.3, 0.4) is 0 Å². The Kier molecular flexibility index (Phi) is 7.64. The van der Waals surface area contributed by atoms with E-state index in [9.17, 15) is 32.1 Å². The predicted molar refractivity (Wildman–Crippen MR) is 114 cm³/mol. The molecule has 0 bridgehead atoms. The van der Waals surface area contributed by atoms with Crippen LogP contribution in [0.1, 0.15) is 12.8 Å². The number of nitrogens with one attached hydrogen (secondary N) is 1. The largest absolute Gasteiger partial charge is 0.477 e. The maximum atomic E-state index is 12.6. The lowest BCUT2D eigenvalue weighted by Crippen LogP contribution is -2.28. The summed E-state index contributed by atoms with van der Waals surface area (Å²) in [6.45, 7) is 0.138. The van der Waals surface area contributed by atoms with E-state index in [-0.39, 0.29) is 10.6 Å². The van der Waals surface area contributed by atoms with Crippen LogP contribution in [0.5, 0.6) is 5.75 Å². The van der Waals surface area contributed by atoms with Crippen LogP contribution in [0.2, 0.25) is 0 Å². The molecule has 13 heteroatoms. The van der Waals surface area contributed by atoms with E-state index in [0.717, 1.165) is 25.0 Å². The number of amides is 1. The van der Waals surface area contributed by atoms with Gasteiger partial charge in [0.05, 0.1) is 9.82 Å². The Labute approximate surface area is 186 Å². The number of nitro groups is 1. The van der Waals surface area contributed by atoms with Gasteiger partial charge in [-0.05, 0) is 49.2 Å². The molecule has 9 nitrogen and oxygen atoms in total. The van der Waals surface area contributed by atoms with E-state index in [1.807, 2.05) is 0 Å². The number of sulfonamides is 1. The molecule has 1 saturated heterocycles. The molecule has 32 heavy (non-hydrogen) atoms. The van der Waals surface area contributed by atoms with Gasteiger partial charge in [0.2, 0.25) is 10.0 Å². The smallest absolute Gasteiger partial charge is 0.312 e. The third-order valence-corrected chi connectivity index (χ3v) is 7.17. The van der Waals surface area contributed by atoms with Crippen molar-refractivity contribution in [1.82, 2.24) is 4.31 Å². The Morgan fingerprint density at radius 3 is 2.44 bits per heavy atom. The number of carbonyl (C=O) groups excluding carboxylic acids is 1. The first-order valence-corrected chi connectivity index (χ1v) is 11.7. The summed E-state index contributed by atoms with van der Waals surface area (Å²) >= 11 is 0.368. The summed E-state index contributed by atoms with van der Waals surface area (Å²) in [5, 5.41) is 13.9. The Morgan fingerprint density at radius 2 is 1.84 bits per heavy atom. The molecule has 1 amide bonds. The quantitative estimate of drug-likeness (QED) is 0.325. The predicted octanol–water partition coefficient (Wildman–Crippen LogP) is 3.71. The van der Waals surface area contributed by atoms with Gasteiger partial charge in [0.25, 0.3) is 11.7 Å². The van der Waals surface area contributed by atoms with Crippen LogP contribution >= 0.6 is 11.8 Å². The first-order valence-electron chi connectivity index (χ1n) is 9.43. The molecule has 1 N–H and O–H groups in total. The Balaban J connectivity index is 1.66. The van der Waals surface area contributed by atoms with Crippen molar-refractivity contribution in [3.8, 4) is 5.75 Å². The van der Waals surface area contributed by atoms with Gasteiger partial charge in [-0.15, -0.1) is 0 Å². The molecular formula is C19H19F2N3O6S2. The number of carbonyl (C=O) groups is 1. The average molecular weight is 488 g/mol.